The Morgan fingerprint density at radius 1 is 1.14 bits per heavy atom. The van der Waals surface area contributed by atoms with Crippen molar-refractivity contribution >= 4 is 30.1 Å². The number of fused-ring (bicyclic) bond motifs is 3. The minimum atomic E-state index is -0.948. The molecule has 0 bridgehead atoms. The van der Waals surface area contributed by atoms with Crippen LogP contribution >= 0.6 is 8.15 Å². The third kappa shape index (κ3) is 3.68. The highest BCUT2D eigenvalue weighted by Gasteiger charge is 2.16. The van der Waals surface area contributed by atoms with Crippen LogP contribution in [-0.4, -0.2) is 39.3 Å². The molecule has 0 aliphatic heterocycles. The number of pyridine rings is 1. The Bertz CT molecular complexity index is 1110. The molecule has 0 amide bonds. The van der Waals surface area contributed by atoms with Gasteiger partial charge in [0, 0.05) is 37.9 Å². The maximum Gasteiger partial charge on any atom is 0.138 e. The third-order valence-corrected chi connectivity index (χ3v) is 5.97. The van der Waals surface area contributed by atoms with E-state index in [2.05, 4.69) is 71.2 Å². The molecule has 5 heteroatoms. The minimum Gasteiger partial charge on any atom is -0.373 e. The first-order valence-corrected chi connectivity index (χ1v) is 11.6. The Balaban J connectivity index is 1.93. The first-order chi connectivity index (χ1) is 13.6. The first kappa shape index (κ1) is 19.1. The van der Waals surface area contributed by atoms with Gasteiger partial charge in [0.25, 0.3) is 0 Å². The summed E-state index contributed by atoms with van der Waals surface area (Å²) in [6, 6.07) is 17.2. The quantitative estimate of drug-likeness (QED) is 0.427. The molecular weight excluding hydrogens is 365 g/mol. The van der Waals surface area contributed by atoms with E-state index in [9.17, 15) is 4.89 Å². The number of nitrogens with one attached hydrogen (secondary N) is 1. The van der Waals surface area contributed by atoms with Gasteiger partial charge in [0.15, 0.2) is 0 Å². The summed E-state index contributed by atoms with van der Waals surface area (Å²) in [5.74, 6) is 0. The lowest BCUT2D eigenvalue weighted by Gasteiger charge is -2.22. The summed E-state index contributed by atoms with van der Waals surface area (Å²) in [5, 5.41) is 2.40. The van der Waals surface area contributed by atoms with Crippen molar-refractivity contribution in [1.82, 2.24) is 14.9 Å². The second-order valence-corrected chi connectivity index (χ2v) is 8.96. The summed E-state index contributed by atoms with van der Waals surface area (Å²) >= 11 is 0. The number of H-pyrrole nitrogens is 1. The second kappa shape index (κ2) is 8.00. The van der Waals surface area contributed by atoms with E-state index in [1.165, 1.54) is 27.5 Å². The average molecular weight is 391 g/mol. The molecule has 0 saturated carbocycles. The Morgan fingerprint density at radius 2 is 1.93 bits per heavy atom. The van der Waals surface area contributed by atoms with Crippen molar-refractivity contribution in [2.45, 2.75) is 20.4 Å². The van der Waals surface area contributed by atoms with Crippen molar-refractivity contribution in [3.05, 3.63) is 65.9 Å². The second-order valence-electron chi connectivity index (χ2n) is 7.37. The molecule has 144 valence electrons. The third-order valence-electron chi connectivity index (χ3n) is 5.16. The minimum absolute atomic E-state index is 0.728. The number of benzene rings is 2. The normalized spacial score (nSPS) is 12.9. The molecule has 4 rings (SSSR count). The van der Waals surface area contributed by atoms with Crippen LogP contribution in [0.1, 0.15) is 18.1 Å². The summed E-state index contributed by atoms with van der Waals surface area (Å²) in [7, 11) is -0.948. The lowest BCUT2D eigenvalue weighted by molar-refractivity contribution is 0.323. The van der Waals surface area contributed by atoms with Crippen molar-refractivity contribution < 1.29 is 4.89 Å². The summed E-state index contributed by atoms with van der Waals surface area (Å²) in [6.07, 6.45) is 2.64. The summed E-state index contributed by atoms with van der Waals surface area (Å²) in [4.78, 5) is 20.4. The maximum absolute atomic E-state index is 9.89. The molecular formula is C23H26N3OP. The number of nitrogens with zero attached hydrogens (tertiary/aromatic N) is 2. The number of aromatic amines is 1. The van der Waals surface area contributed by atoms with Gasteiger partial charge in [-0.3, -0.25) is 4.90 Å². The van der Waals surface area contributed by atoms with Crippen LogP contribution in [0.15, 0.2) is 54.7 Å². The number of aromatic nitrogens is 2. The highest BCUT2D eigenvalue weighted by atomic mass is 31.1. The van der Waals surface area contributed by atoms with Gasteiger partial charge < -0.3 is 9.88 Å². The monoisotopic (exact) mass is 391 g/mol. The van der Waals surface area contributed by atoms with Crippen molar-refractivity contribution in [3.63, 3.8) is 0 Å². The van der Waals surface area contributed by atoms with Crippen molar-refractivity contribution in [1.29, 1.82) is 0 Å². The predicted octanol–water partition coefficient (Wildman–Crippen LogP) is 5.49. The van der Waals surface area contributed by atoms with Crippen molar-refractivity contribution in [2.75, 3.05) is 19.5 Å². The molecule has 2 N–H and O–H groups in total. The van der Waals surface area contributed by atoms with E-state index in [0.717, 1.165) is 36.1 Å². The van der Waals surface area contributed by atoms with E-state index in [1.54, 1.807) is 0 Å². The topological polar surface area (TPSA) is 52.2 Å². The van der Waals surface area contributed by atoms with Crippen LogP contribution < -0.4 is 0 Å². The van der Waals surface area contributed by atoms with Gasteiger partial charge in [0.05, 0.1) is 5.52 Å². The molecule has 0 aliphatic carbocycles. The summed E-state index contributed by atoms with van der Waals surface area (Å²) < 4.78 is 0. The number of hydrogen-bond donors (Lipinski definition) is 2. The van der Waals surface area contributed by atoms with E-state index in [1.807, 2.05) is 18.9 Å². The number of rotatable bonds is 6. The fourth-order valence-corrected chi connectivity index (χ4v) is 4.71. The van der Waals surface area contributed by atoms with Gasteiger partial charge in [0.2, 0.25) is 0 Å². The van der Waals surface area contributed by atoms with Crippen LogP contribution in [-0.2, 0) is 6.54 Å². The molecule has 2 heterocycles. The lowest BCUT2D eigenvalue weighted by atomic mass is 9.97. The standard InChI is InChI=1S/C23H26N3OP/c1-4-26(15-28(3)27)14-18-10-11-19(17-8-6-5-7-9-17)21-20-12-16(2)13-24-23(20)25-22(18)21/h5-13,27H,4,14-15H2,1-3H3,(H,24,25). The highest BCUT2D eigenvalue weighted by molar-refractivity contribution is 7.50. The van der Waals surface area contributed by atoms with Gasteiger partial charge >= 0.3 is 0 Å². The summed E-state index contributed by atoms with van der Waals surface area (Å²) in [5.41, 5.74) is 6.90. The molecule has 2 aromatic heterocycles. The van der Waals surface area contributed by atoms with E-state index < -0.39 is 8.15 Å². The van der Waals surface area contributed by atoms with Crippen LogP contribution in [0.25, 0.3) is 33.1 Å². The van der Waals surface area contributed by atoms with Crippen molar-refractivity contribution in [2.24, 2.45) is 0 Å². The molecule has 0 fully saturated rings. The van der Waals surface area contributed by atoms with Gasteiger partial charge in [0.1, 0.15) is 5.65 Å². The van der Waals surface area contributed by atoms with Crippen LogP contribution in [0, 0.1) is 6.92 Å². The van der Waals surface area contributed by atoms with E-state index in [-0.39, 0.29) is 0 Å². The number of aryl methyl sites for hydroxylation is 1. The average Bonchev–Trinajstić information content (AvgIpc) is 3.07. The number of hydrogen-bond acceptors (Lipinski definition) is 3. The zero-order valence-electron chi connectivity index (χ0n) is 16.6. The van der Waals surface area contributed by atoms with Gasteiger partial charge in [-0.2, -0.15) is 0 Å². The summed E-state index contributed by atoms with van der Waals surface area (Å²) in [6.45, 7) is 7.85. The molecule has 4 nitrogen and oxygen atoms in total. The van der Waals surface area contributed by atoms with Gasteiger partial charge in [-0.05, 0) is 48.5 Å². The Morgan fingerprint density at radius 3 is 2.64 bits per heavy atom. The highest BCUT2D eigenvalue weighted by Crippen LogP contribution is 2.37. The zero-order valence-corrected chi connectivity index (χ0v) is 17.5. The Labute approximate surface area is 167 Å². The Hall–Kier alpha value is -2.26. The molecule has 2 aromatic carbocycles. The largest absolute Gasteiger partial charge is 0.373 e. The molecule has 1 unspecified atom stereocenters. The maximum atomic E-state index is 9.89. The molecule has 0 spiro atoms. The first-order valence-electron chi connectivity index (χ1n) is 9.64. The van der Waals surface area contributed by atoms with Crippen LogP contribution in [0.2, 0.25) is 0 Å². The van der Waals surface area contributed by atoms with Gasteiger partial charge in [-0.15, -0.1) is 0 Å². The van der Waals surface area contributed by atoms with Gasteiger partial charge in [-0.1, -0.05) is 49.4 Å². The van der Waals surface area contributed by atoms with Crippen LogP contribution in [0.4, 0.5) is 0 Å². The molecule has 0 aliphatic rings. The van der Waals surface area contributed by atoms with Crippen LogP contribution in [0.5, 0.6) is 0 Å². The molecule has 4 aromatic rings. The lowest BCUT2D eigenvalue weighted by Crippen LogP contribution is -2.23. The predicted molar refractivity (Wildman–Crippen MR) is 120 cm³/mol. The van der Waals surface area contributed by atoms with Crippen LogP contribution in [0.3, 0.4) is 0 Å². The zero-order chi connectivity index (χ0) is 19.7. The SMILES string of the molecule is CCN(Cc1ccc(-c2ccccc2)c2c1[nH]c1ncc(C)cc12)CP(C)O. The van der Waals surface area contributed by atoms with Crippen molar-refractivity contribution in [3.8, 4) is 11.1 Å². The fraction of sp³-hybridized carbons (Fsp3) is 0.261. The molecule has 0 saturated heterocycles. The van der Waals surface area contributed by atoms with Gasteiger partial charge in [-0.25, -0.2) is 4.98 Å². The Kier molecular flexibility index (Phi) is 5.45. The fourth-order valence-electron chi connectivity index (χ4n) is 3.83. The molecule has 1 atom stereocenters. The van der Waals surface area contributed by atoms with E-state index >= 15 is 0 Å². The molecule has 28 heavy (non-hydrogen) atoms. The smallest absolute Gasteiger partial charge is 0.138 e. The van der Waals surface area contributed by atoms with E-state index in [0.29, 0.717) is 0 Å². The van der Waals surface area contributed by atoms with E-state index in [4.69, 9.17) is 0 Å². The molecule has 0 radical (unpaired) electrons.